The van der Waals surface area contributed by atoms with Crippen LogP contribution in [0.25, 0.3) is 6.08 Å². The van der Waals surface area contributed by atoms with E-state index >= 15 is 0 Å². The first-order valence-electron chi connectivity index (χ1n) is 10.2. The maximum absolute atomic E-state index is 12.5. The normalized spacial score (nSPS) is 16.2. The Bertz CT molecular complexity index is 1200. The minimum Gasteiger partial charge on any atom is -0.323 e. The fraction of sp³-hybridized carbons (Fsp3) is 0.318. The number of nitrogens with one attached hydrogen (secondary N) is 1. The predicted molar refractivity (Wildman–Crippen MR) is 126 cm³/mol. The van der Waals surface area contributed by atoms with Crippen molar-refractivity contribution in [2.24, 2.45) is 0 Å². The van der Waals surface area contributed by atoms with Gasteiger partial charge in [0.15, 0.2) is 0 Å². The Morgan fingerprint density at radius 2 is 1.72 bits per heavy atom. The van der Waals surface area contributed by atoms with Crippen LogP contribution in [0.1, 0.15) is 25.8 Å². The SMILES string of the molecule is CC(C)N(C)S(=O)(=O)c1ccc(NC(=O)/C=C/c2ccc(N3CCCS3(=O)=O)cc2)cc1. The van der Waals surface area contributed by atoms with Crippen LogP contribution in [-0.4, -0.2) is 52.4 Å². The average Bonchev–Trinajstić information content (AvgIpc) is 3.11. The van der Waals surface area contributed by atoms with Gasteiger partial charge in [-0.25, -0.2) is 16.8 Å². The van der Waals surface area contributed by atoms with E-state index in [0.717, 1.165) is 5.56 Å². The summed E-state index contributed by atoms with van der Waals surface area (Å²) in [5.74, 6) is -0.206. The van der Waals surface area contributed by atoms with Crippen LogP contribution < -0.4 is 9.62 Å². The van der Waals surface area contributed by atoms with Gasteiger partial charge in [0.1, 0.15) is 0 Å². The van der Waals surface area contributed by atoms with E-state index in [9.17, 15) is 21.6 Å². The molecule has 0 aromatic heterocycles. The van der Waals surface area contributed by atoms with Gasteiger partial charge in [0.2, 0.25) is 26.0 Å². The maximum atomic E-state index is 12.5. The van der Waals surface area contributed by atoms with Crippen LogP contribution in [0.2, 0.25) is 0 Å². The minimum atomic E-state index is -3.58. The minimum absolute atomic E-state index is 0.155. The molecule has 1 heterocycles. The molecule has 10 heteroatoms. The summed E-state index contributed by atoms with van der Waals surface area (Å²) in [7, 11) is -5.28. The lowest BCUT2D eigenvalue weighted by molar-refractivity contribution is -0.111. The molecule has 0 radical (unpaired) electrons. The Morgan fingerprint density at radius 1 is 1.09 bits per heavy atom. The zero-order valence-electron chi connectivity index (χ0n) is 18.2. The summed E-state index contributed by atoms with van der Waals surface area (Å²) in [5, 5.41) is 2.69. The van der Waals surface area contributed by atoms with Crippen LogP contribution >= 0.6 is 0 Å². The second-order valence-corrected chi connectivity index (χ2v) is 11.8. The number of benzene rings is 2. The molecule has 0 saturated carbocycles. The molecule has 1 fully saturated rings. The first-order chi connectivity index (χ1) is 15.0. The van der Waals surface area contributed by atoms with Crippen LogP contribution in [0.5, 0.6) is 0 Å². The lowest BCUT2D eigenvalue weighted by atomic mass is 10.2. The number of sulfonamides is 2. The maximum Gasteiger partial charge on any atom is 0.248 e. The molecule has 1 N–H and O–H groups in total. The molecule has 1 amide bonds. The Hall–Kier alpha value is -2.69. The summed E-state index contributed by atoms with van der Waals surface area (Å²) in [6, 6.07) is 12.8. The van der Waals surface area contributed by atoms with Crippen LogP contribution in [-0.2, 0) is 24.8 Å². The van der Waals surface area contributed by atoms with Crippen LogP contribution in [0.4, 0.5) is 11.4 Å². The molecule has 2 aromatic carbocycles. The molecule has 0 unspecified atom stereocenters. The van der Waals surface area contributed by atoms with Gasteiger partial charge in [0.05, 0.1) is 16.3 Å². The van der Waals surface area contributed by atoms with E-state index < -0.39 is 20.0 Å². The quantitative estimate of drug-likeness (QED) is 0.618. The lowest BCUT2D eigenvalue weighted by Crippen LogP contribution is -2.33. The summed E-state index contributed by atoms with van der Waals surface area (Å²) < 4.78 is 51.7. The Kier molecular flexibility index (Phi) is 7.06. The van der Waals surface area contributed by atoms with Crippen LogP contribution in [0, 0.1) is 0 Å². The van der Waals surface area contributed by atoms with E-state index in [2.05, 4.69) is 5.32 Å². The summed E-state index contributed by atoms with van der Waals surface area (Å²) in [6.07, 6.45) is 3.60. The summed E-state index contributed by atoms with van der Waals surface area (Å²) in [4.78, 5) is 12.4. The largest absolute Gasteiger partial charge is 0.323 e. The highest BCUT2D eigenvalue weighted by Crippen LogP contribution is 2.24. The second-order valence-electron chi connectivity index (χ2n) is 7.80. The fourth-order valence-electron chi connectivity index (χ4n) is 3.19. The summed E-state index contributed by atoms with van der Waals surface area (Å²) in [6.45, 7) is 4.06. The molecule has 0 bridgehead atoms. The number of amides is 1. The molecule has 0 atom stereocenters. The highest BCUT2D eigenvalue weighted by molar-refractivity contribution is 7.93. The van der Waals surface area contributed by atoms with E-state index in [1.807, 2.05) is 0 Å². The second kappa shape index (κ2) is 9.43. The van der Waals surface area contributed by atoms with Crippen LogP contribution in [0.3, 0.4) is 0 Å². The molecule has 32 heavy (non-hydrogen) atoms. The first kappa shape index (κ1) is 24.0. The van der Waals surface area contributed by atoms with Gasteiger partial charge >= 0.3 is 0 Å². The molecule has 1 saturated heterocycles. The zero-order chi connectivity index (χ0) is 23.5. The Morgan fingerprint density at radius 3 is 2.25 bits per heavy atom. The third kappa shape index (κ3) is 5.37. The van der Waals surface area contributed by atoms with Gasteiger partial charge in [-0.05, 0) is 68.3 Å². The van der Waals surface area contributed by atoms with Gasteiger partial charge in [-0.2, -0.15) is 4.31 Å². The number of nitrogens with zero attached hydrogens (tertiary/aromatic N) is 2. The van der Waals surface area contributed by atoms with Crippen molar-refractivity contribution in [3.05, 3.63) is 60.2 Å². The monoisotopic (exact) mass is 477 g/mol. The molecule has 8 nitrogen and oxygen atoms in total. The first-order valence-corrected chi connectivity index (χ1v) is 13.2. The highest BCUT2D eigenvalue weighted by Gasteiger charge is 2.28. The molecule has 0 spiro atoms. The lowest BCUT2D eigenvalue weighted by Gasteiger charge is -2.21. The van der Waals surface area contributed by atoms with Gasteiger partial charge in [-0.1, -0.05) is 12.1 Å². The molecular weight excluding hydrogens is 450 g/mol. The molecular formula is C22H27N3O5S2. The highest BCUT2D eigenvalue weighted by atomic mass is 32.2. The Balaban J connectivity index is 1.62. The molecule has 1 aliphatic heterocycles. The number of carbonyl (C=O) groups is 1. The van der Waals surface area contributed by atoms with E-state index in [-0.39, 0.29) is 22.6 Å². The van der Waals surface area contributed by atoms with Gasteiger partial charge in [-0.3, -0.25) is 9.10 Å². The van der Waals surface area contributed by atoms with E-state index in [1.54, 1.807) is 44.2 Å². The van der Waals surface area contributed by atoms with Crippen molar-refractivity contribution in [2.75, 3.05) is 29.0 Å². The van der Waals surface area contributed by atoms with Crippen molar-refractivity contribution in [3.63, 3.8) is 0 Å². The van der Waals surface area contributed by atoms with Crippen molar-refractivity contribution < 1.29 is 21.6 Å². The molecule has 0 aliphatic carbocycles. The standard InChI is InChI=1S/C22H27N3O5S2/c1-17(2)24(3)32(29,30)21-12-8-19(9-13-21)23-22(26)14-7-18-5-10-20(11-6-18)25-15-4-16-31(25,27)28/h5-14,17H,4,15-16H2,1-3H3,(H,23,26)/b14-7+. The van der Waals surface area contributed by atoms with Crippen molar-refractivity contribution in [2.45, 2.75) is 31.2 Å². The number of anilines is 2. The number of hydrogen-bond donors (Lipinski definition) is 1. The fourth-order valence-corrected chi connectivity index (χ4v) is 6.12. The number of rotatable bonds is 7. The van der Waals surface area contributed by atoms with Gasteiger partial charge in [0.25, 0.3) is 0 Å². The average molecular weight is 478 g/mol. The summed E-state index contributed by atoms with van der Waals surface area (Å²) in [5.41, 5.74) is 1.83. The zero-order valence-corrected chi connectivity index (χ0v) is 19.9. The topological polar surface area (TPSA) is 104 Å². The van der Waals surface area contributed by atoms with Gasteiger partial charge in [0, 0.05) is 31.4 Å². The molecule has 3 rings (SSSR count). The van der Waals surface area contributed by atoms with E-state index in [0.29, 0.717) is 24.3 Å². The van der Waals surface area contributed by atoms with Gasteiger partial charge in [-0.15, -0.1) is 0 Å². The smallest absolute Gasteiger partial charge is 0.248 e. The third-order valence-corrected chi connectivity index (χ3v) is 9.15. The van der Waals surface area contributed by atoms with Crippen molar-refractivity contribution in [3.8, 4) is 0 Å². The predicted octanol–water partition coefficient (Wildman–Crippen LogP) is 2.91. The summed E-state index contributed by atoms with van der Waals surface area (Å²) >= 11 is 0. The number of hydrogen-bond acceptors (Lipinski definition) is 5. The van der Waals surface area contributed by atoms with Crippen molar-refractivity contribution in [1.29, 1.82) is 0 Å². The van der Waals surface area contributed by atoms with E-state index in [4.69, 9.17) is 0 Å². The van der Waals surface area contributed by atoms with Crippen molar-refractivity contribution in [1.82, 2.24) is 4.31 Å². The molecule has 172 valence electrons. The van der Waals surface area contributed by atoms with Gasteiger partial charge < -0.3 is 5.32 Å². The molecule has 1 aliphatic rings. The van der Waals surface area contributed by atoms with E-state index in [1.165, 1.54) is 46.0 Å². The Labute approximate surface area is 189 Å². The van der Waals surface area contributed by atoms with Crippen molar-refractivity contribution >= 4 is 43.4 Å². The third-order valence-electron chi connectivity index (χ3n) is 5.23. The van der Waals surface area contributed by atoms with Crippen LogP contribution in [0.15, 0.2) is 59.5 Å². The number of carbonyl (C=O) groups excluding carboxylic acids is 1. The molecule has 2 aromatic rings.